The SMILES string of the molecule is CNC(=O)CCCS(=O)c1ccc(C)c(C(=O)O)c1. The second kappa shape index (κ2) is 7.04. The van der Waals surface area contributed by atoms with Gasteiger partial charge in [0.15, 0.2) is 0 Å². The molecule has 1 rings (SSSR count). The molecule has 0 aliphatic heterocycles. The molecule has 0 heterocycles. The number of hydrogen-bond donors (Lipinski definition) is 2. The topological polar surface area (TPSA) is 83.5 Å². The van der Waals surface area contributed by atoms with Crippen LogP contribution in [-0.2, 0) is 15.6 Å². The van der Waals surface area contributed by atoms with Gasteiger partial charge in [-0.1, -0.05) is 6.07 Å². The second-order valence-corrected chi connectivity index (χ2v) is 5.68. The number of carboxylic acid groups (broad SMARTS) is 1. The first-order valence-electron chi connectivity index (χ1n) is 5.88. The molecule has 1 aromatic rings. The van der Waals surface area contributed by atoms with Crippen molar-refractivity contribution in [2.24, 2.45) is 0 Å². The van der Waals surface area contributed by atoms with Gasteiger partial charge in [-0.05, 0) is 31.0 Å². The Bertz CT molecular complexity index is 513. The van der Waals surface area contributed by atoms with E-state index in [9.17, 15) is 13.8 Å². The summed E-state index contributed by atoms with van der Waals surface area (Å²) < 4.78 is 12.0. The fourth-order valence-corrected chi connectivity index (χ4v) is 2.69. The van der Waals surface area contributed by atoms with Crippen molar-refractivity contribution < 1.29 is 18.9 Å². The third kappa shape index (κ3) is 4.48. The summed E-state index contributed by atoms with van der Waals surface area (Å²) in [6.07, 6.45) is 0.822. The first kappa shape index (κ1) is 15.4. The Morgan fingerprint density at radius 3 is 2.63 bits per heavy atom. The highest BCUT2D eigenvalue weighted by atomic mass is 32.2. The minimum atomic E-state index is -1.28. The Labute approximate surface area is 114 Å². The summed E-state index contributed by atoms with van der Waals surface area (Å²) in [5.41, 5.74) is 0.802. The fourth-order valence-electron chi connectivity index (χ4n) is 1.58. The molecule has 19 heavy (non-hydrogen) atoms. The van der Waals surface area contributed by atoms with E-state index in [2.05, 4.69) is 5.32 Å². The standard InChI is InChI=1S/C13H17NO4S/c1-9-5-6-10(8-11(9)13(16)17)19(18)7-3-4-12(15)14-2/h5-6,8H,3-4,7H2,1-2H3,(H,14,15)(H,16,17). The van der Waals surface area contributed by atoms with Gasteiger partial charge >= 0.3 is 5.97 Å². The molecule has 2 N–H and O–H groups in total. The smallest absolute Gasteiger partial charge is 0.335 e. The molecule has 0 saturated carbocycles. The molecule has 0 aliphatic rings. The summed E-state index contributed by atoms with van der Waals surface area (Å²) in [4.78, 5) is 22.5. The van der Waals surface area contributed by atoms with Crippen molar-refractivity contribution in [2.75, 3.05) is 12.8 Å². The van der Waals surface area contributed by atoms with Gasteiger partial charge in [-0.2, -0.15) is 0 Å². The predicted octanol–water partition coefficient (Wildman–Crippen LogP) is 1.33. The van der Waals surface area contributed by atoms with Crippen LogP contribution < -0.4 is 5.32 Å². The van der Waals surface area contributed by atoms with Gasteiger partial charge in [-0.25, -0.2) is 4.79 Å². The average molecular weight is 283 g/mol. The number of aromatic carboxylic acids is 1. The Hall–Kier alpha value is -1.69. The van der Waals surface area contributed by atoms with Crippen molar-refractivity contribution in [1.29, 1.82) is 0 Å². The summed E-state index contributed by atoms with van der Waals surface area (Å²) >= 11 is 0. The van der Waals surface area contributed by atoms with Crippen LogP contribution in [0.1, 0.15) is 28.8 Å². The Kier molecular flexibility index (Phi) is 5.69. The van der Waals surface area contributed by atoms with Crippen LogP contribution in [0, 0.1) is 6.92 Å². The fraction of sp³-hybridized carbons (Fsp3) is 0.385. The number of carboxylic acids is 1. The van der Waals surface area contributed by atoms with Crippen LogP contribution in [0.25, 0.3) is 0 Å². The van der Waals surface area contributed by atoms with Crippen molar-refractivity contribution in [3.05, 3.63) is 29.3 Å². The molecular formula is C13H17NO4S. The molecule has 6 heteroatoms. The zero-order chi connectivity index (χ0) is 14.4. The van der Waals surface area contributed by atoms with Crippen molar-refractivity contribution >= 4 is 22.7 Å². The molecular weight excluding hydrogens is 266 g/mol. The van der Waals surface area contributed by atoms with Crippen LogP contribution in [0.2, 0.25) is 0 Å². The minimum absolute atomic E-state index is 0.0906. The van der Waals surface area contributed by atoms with Crippen LogP contribution >= 0.6 is 0 Å². The van der Waals surface area contributed by atoms with Gasteiger partial charge in [0.2, 0.25) is 5.91 Å². The lowest BCUT2D eigenvalue weighted by molar-refractivity contribution is -0.120. The molecule has 1 amide bonds. The predicted molar refractivity (Wildman–Crippen MR) is 72.7 cm³/mol. The molecule has 0 aromatic heterocycles. The maximum absolute atomic E-state index is 12.0. The van der Waals surface area contributed by atoms with Gasteiger partial charge in [0.25, 0.3) is 0 Å². The zero-order valence-corrected chi connectivity index (χ0v) is 11.8. The third-order valence-corrected chi connectivity index (χ3v) is 4.15. The van der Waals surface area contributed by atoms with E-state index >= 15 is 0 Å². The zero-order valence-electron chi connectivity index (χ0n) is 10.9. The van der Waals surface area contributed by atoms with E-state index in [1.54, 1.807) is 26.1 Å². The number of amides is 1. The summed E-state index contributed by atoms with van der Waals surface area (Å²) in [6.45, 7) is 1.70. The molecule has 1 unspecified atom stereocenters. The maximum atomic E-state index is 12.0. The highest BCUT2D eigenvalue weighted by Crippen LogP contribution is 2.15. The third-order valence-electron chi connectivity index (χ3n) is 2.71. The van der Waals surface area contributed by atoms with Gasteiger partial charge in [0.1, 0.15) is 0 Å². The first-order valence-corrected chi connectivity index (χ1v) is 7.20. The van der Waals surface area contributed by atoms with Gasteiger partial charge in [0, 0.05) is 24.1 Å². The van der Waals surface area contributed by atoms with E-state index < -0.39 is 16.8 Å². The number of nitrogens with one attached hydrogen (secondary N) is 1. The molecule has 1 atom stereocenters. The highest BCUT2D eigenvalue weighted by molar-refractivity contribution is 7.85. The number of rotatable bonds is 6. The van der Waals surface area contributed by atoms with E-state index in [1.165, 1.54) is 6.07 Å². The van der Waals surface area contributed by atoms with E-state index in [-0.39, 0.29) is 11.5 Å². The number of benzene rings is 1. The average Bonchev–Trinajstić information content (AvgIpc) is 2.38. The van der Waals surface area contributed by atoms with Gasteiger partial charge in [0.05, 0.1) is 16.4 Å². The number of hydrogen-bond acceptors (Lipinski definition) is 3. The van der Waals surface area contributed by atoms with Gasteiger partial charge < -0.3 is 10.4 Å². The lowest BCUT2D eigenvalue weighted by Gasteiger charge is -2.06. The normalized spacial score (nSPS) is 11.9. The lowest BCUT2D eigenvalue weighted by atomic mass is 10.1. The Balaban J connectivity index is 2.70. The summed E-state index contributed by atoms with van der Waals surface area (Å²) in [5.74, 6) is -0.774. The van der Waals surface area contributed by atoms with Crippen LogP contribution in [0.3, 0.4) is 0 Å². The Morgan fingerprint density at radius 1 is 1.37 bits per heavy atom. The molecule has 0 spiro atoms. The van der Waals surface area contributed by atoms with Crippen LogP contribution in [-0.4, -0.2) is 34.0 Å². The quantitative estimate of drug-likeness (QED) is 0.825. The molecule has 5 nitrogen and oxygen atoms in total. The van der Waals surface area contributed by atoms with E-state index in [4.69, 9.17) is 5.11 Å². The summed E-state index contributed by atoms with van der Waals surface area (Å²) in [5, 5.41) is 11.5. The number of carbonyl (C=O) groups excluding carboxylic acids is 1. The van der Waals surface area contributed by atoms with Crippen molar-refractivity contribution in [3.63, 3.8) is 0 Å². The summed E-state index contributed by atoms with van der Waals surface area (Å²) in [7, 11) is 0.274. The van der Waals surface area contributed by atoms with Crippen molar-refractivity contribution in [2.45, 2.75) is 24.7 Å². The molecule has 0 bridgehead atoms. The highest BCUT2D eigenvalue weighted by Gasteiger charge is 2.11. The molecule has 0 fully saturated rings. The van der Waals surface area contributed by atoms with E-state index in [0.29, 0.717) is 29.1 Å². The van der Waals surface area contributed by atoms with Crippen molar-refractivity contribution in [3.8, 4) is 0 Å². The van der Waals surface area contributed by atoms with Crippen LogP contribution in [0.5, 0.6) is 0 Å². The molecule has 0 radical (unpaired) electrons. The molecule has 0 saturated heterocycles. The van der Waals surface area contributed by atoms with E-state index in [1.807, 2.05) is 0 Å². The van der Waals surface area contributed by atoms with E-state index in [0.717, 1.165) is 0 Å². The van der Waals surface area contributed by atoms with Gasteiger partial charge in [-0.15, -0.1) is 0 Å². The monoisotopic (exact) mass is 283 g/mol. The van der Waals surface area contributed by atoms with Crippen LogP contribution in [0.4, 0.5) is 0 Å². The van der Waals surface area contributed by atoms with Gasteiger partial charge in [-0.3, -0.25) is 9.00 Å². The van der Waals surface area contributed by atoms with Crippen molar-refractivity contribution in [1.82, 2.24) is 5.32 Å². The Morgan fingerprint density at radius 2 is 2.05 bits per heavy atom. The molecule has 1 aromatic carbocycles. The summed E-state index contributed by atoms with van der Waals surface area (Å²) in [6, 6.07) is 4.75. The molecule has 0 aliphatic carbocycles. The largest absolute Gasteiger partial charge is 0.478 e. The van der Waals surface area contributed by atoms with Crippen LogP contribution in [0.15, 0.2) is 23.1 Å². The molecule has 104 valence electrons. The first-order chi connectivity index (χ1) is 8.95. The second-order valence-electron chi connectivity index (χ2n) is 4.11. The maximum Gasteiger partial charge on any atom is 0.335 e. The number of carbonyl (C=O) groups is 2. The minimum Gasteiger partial charge on any atom is -0.478 e. The number of aryl methyl sites for hydroxylation is 1. The lowest BCUT2D eigenvalue weighted by Crippen LogP contribution is -2.18.